The summed E-state index contributed by atoms with van der Waals surface area (Å²) in [6.45, 7) is 5.60. The highest BCUT2D eigenvalue weighted by atomic mass is 16.3. The molecule has 2 fully saturated rings. The Balaban J connectivity index is 1.53. The third kappa shape index (κ3) is 3.36. The molecule has 122 valence electrons. The van der Waals surface area contributed by atoms with Crippen molar-refractivity contribution in [3.63, 3.8) is 0 Å². The third-order valence-electron chi connectivity index (χ3n) is 5.05. The van der Waals surface area contributed by atoms with E-state index in [1.165, 1.54) is 0 Å². The van der Waals surface area contributed by atoms with Crippen LogP contribution in [0.1, 0.15) is 48.8 Å². The third-order valence-corrected chi connectivity index (χ3v) is 5.05. The molecule has 0 aliphatic carbocycles. The number of amides is 1. The maximum Gasteiger partial charge on any atom is 0.270 e. The van der Waals surface area contributed by atoms with Crippen LogP contribution in [0.4, 0.5) is 0 Å². The van der Waals surface area contributed by atoms with E-state index in [0.717, 1.165) is 64.0 Å². The first-order valence-corrected chi connectivity index (χ1v) is 8.56. The zero-order valence-electron chi connectivity index (χ0n) is 13.4. The van der Waals surface area contributed by atoms with Crippen LogP contribution in [0.5, 0.6) is 0 Å². The summed E-state index contributed by atoms with van der Waals surface area (Å²) < 4.78 is 0. The Hall–Kier alpha value is -1.33. The van der Waals surface area contributed by atoms with Crippen LogP contribution in [-0.2, 0) is 6.42 Å². The monoisotopic (exact) mass is 305 g/mol. The Bertz CT molecular complexity index is 506. The first-order chi connectivity index (χ1) is 10.7. The van der Waals surface area contributed by atoms with E-state index in [4.69, 9.17) is 0 Å². The van der Waals surface area contributed by atoms with Crippen LogP contribution < -0.4 is 0 Å². The van der Waals surface area contributed by atoms with Gasteiger partial charge in [0.2, 0.25) is 0 Å². The van der Waals surface area contributed by atoms with Gasteiger partial charge in [-0.15, -0.1) is 0 Å². The minimum absolute atomic E-state index is 0.122. The minimum Gasteiger partial charge on any atom is -0.392 e. The Morgan fingerprint density at radius 3 is 2.68 bits per heavy atom. The van der Waals surface area contributed by atoms with Crippen molar-refractivity contribution in [2.24, 2.45) is 0 Å². The summed E-state index contributed by atoms with van der Waals surface area (Å²) in [5.41, 5.74) is 1.82. The van der Waals surface area contributed by atoms with Crippen molar-refractivity contribution in [2.75, 3.05) is 26.2 Å². The predicted molar refractivity (Wildman–Crippen MR) is 85.9 cm³/mol. The summed E-state index contributed by atoms with van der Waals surface area (Å²) in [7, 11) is 0. The molecule has 0 aromatic carbocycles. The number of aromatic amines is 1. The van der Waals surface area contributed by atoms with Gasteiger partial charge in [0.15, 0.2) is 0 Å². The van der Waals surface area contributed by atoms with E-state index >= 15 is 0 Å². The van der Waals surface area contributed by atoms with Crippen molar-refractivity contribution in [3.05, 3.63) is 23.5 Å². The van der Waals surface area contributed by atoms with Gasteiger partial charge in [-0.05, 0) is 50.8 Å². The number of aryl methyl sites for hydroxylation is 1. The van der Waals surface area contributed by atoms with Gasteiger partial charge in [0.05, 0.1) is 6.10 Å². The van der Waals surface area contributed by atoms with Gasteiger partial charge in [-0.1, -0.05) is 6.92 Å². The van der Waals surface area contributed by atoms with Gasteiger partial charge in [0, 0.05) is 31.4 Å². The zero-order valence-corrected chi connectivity index (χ0v) is 13.4. The molecule has 0 bridgehead atoms. The Morgan fingerprint density at radius 1 is 1.27 bits per heavy atom. The number of rotatable bonds is 3. The second kappa shape index (κ2) is 6.84. The molecule has 2 N–H and O–H groups in total. The van der Waals surface area contributed by atoms with Gasteiger partial charge >= 0.3 is 0 Å². The molecule has 1 atom stereocenters. The lowest BCUT2D eigenvalue weighted by atomic mass is 9.99. The largest absolute Gasteiger partial charge is 0.392 e. The van der Waals surface area contributed by atoms with E-state index in [0.29, 0.717) is 11.7 Å². The number of carbonyl (C=O) groups excluding carboxylic acids is 1. The number of aliphatic hydroxyl groups excluding tert-OH is 1. The zero-order chi connectivity index (χ0) is 15.5. The molecular weight excluding hydrogens is 278 g/mol. The number of hydrogen-bond donors (Lipinski definition) is 2. The van der Waals surface area contributed by atoms with E-state index in [-0.39, 0.29) is 12.0 Å². The van der Waals surface area contributed by atoms with Crippen LogP contribution in [0.25, 0.3) is 0 Å². The van der Waals surface area contributed by atoms with Gasteiger partial charge in [-0.25, -0.2) is 0 Å². The predicted octanol–water partition coefficient (Wildman–Crippen LogP) is 1.64. The molecule has 2 aliphatic heterocycles. The summed E-state index contributed by atoms with van der Waals surface area (Å²) >= 11 is 0. The lowest BCUT2D eigenvalue weighted by molar-refractivity contribution is 0.0239. The van der Waals surface area contributed by atoms with Crippen LogP contribution in [-0.4, -0.2) is 64.1 Å². The van der Waals surface area contributed by atoms with Gasteiger partial charge in [-0.2, -0.15) is 0 Å². The number of nitrogens with one attached hydrogen (secondary N) is 1. The van der Waals surface area contributed by atoms with Crippen molar-refractivity contribution in [1.29, 1.82) is 0 Å². The number of H-pyrrole nitrogens is 1. The number of aromatic nitrogens is 1. The maximum absolute atomic E-state index is 12.5. The molecule has 1 aromatic rings. The summed E-state index contributed by atoms with van der Waals surface area (Å²) in [5.74, 6) is 0.122. The van der Waals surface area contributed by atoms with E-state index in [9.17, 15) is 9.90 Å². The van der Waals surface area contributed by atoms with Gasteiger partial charge in [0.1, 0.15) is 5.69 Å². The van der Waals surface area contributed by atoms with E-state index in [2.05, 4.69) is 16.8 Å². The standard InChI is InChI=1S/C17H27N3O2/c1-2-13-5-6-16(18-13)17(22)19-10-7-14(8-11-19)20-9-3-4-15(21)12-20/h5-6,14-15,18,21H,2-4,7-12H2,1H3/t15-/m0/s1. The highest BCUT2D eigenvalue weighted by molar-refractivity contribution is 5.92. The molecule has 3 heterocycles. The van der Waals surface area contributed by atoms with Crippen molar-refractivity contribution in [3.8, 4) is 0 Å². The summed E-state index contributed by atoms with van der Waals surface area (Å²) in [6.07, 6.45) is 4.80. The van der Waals surface area contributed by atoms with Crippen molar-refractivity contribution in [2.45, 2.75) is 51.2 Å². The molecule has 1 aromatic heterocycles. The van der Waals surface area contributed by atoms with Crippen LogP contribution in [0.3, 0.4) is 0 Å². The number of piperidine rings is 2. The summed E-state index contributed by atoms with van der Waals surface area (Å²) in [6, 6.07) is 4.41. The molecule has 0 radical (unpaired) electrons. The van der Waals surface area contributed by atoms with Gasteiger partial charge in [0.25, 0.3) is 5.91 Å². The fourth-order valence-electron chi connectivity index (χ4n) is 3.69. The Morgan fingerprint density at radius 2 is 2.05 bits per heavy atom. The maximum atomic E-state index is 12.5. The number of aliphatic hydroxyl groups is 1. The molecule has 5 heteroatoms. The van der Waals surface area contributed by atoms with Crippen LogP contribution in [0.15, 0.2) is 12.1 Å². The molecule has 0 saturated carbocycles. The molecule has 0 spiro atoms. The quantitative estimate of drug-likeness (QED) is 0.892. The molecule has 2 aliphatic rings. The molecule has 3 rings (SSSR count). The molecule has 2 saturated heterocycles. The Labute approximate surface area is 132 Å². The topological polar surface area (TPSA) is 59.6 Å². The normalized spacial score (nSPS) is 24.6. The van der Waals surface area contributed by atoms with Crippen LogP contribution in [0.2, 0.25) is 0 Å². The molecular formula is C17H27N3O2. The first-order valence-electron chi connectivity index (χ1n) is 8.56. The highest BCUT2D eigenvalue weighted by Crippen LogP contribution is 2.22. The van der Waals surface area contributed by atoms with E-state index in [1.54, 1.807) is 0 Å². The molecule has 1 amide bonds. The average Bonchev–Trinajstić information content (AvgIpc) is 3.03. The smallest absolute Gasteiger partial charge is 0.270 e. The van der Waals surface area contributed by atoms with Crippen LogP contribution >= 0.6 is 0 Å². The molecule has 0 unspecified atom stereocenters. The Kier molecular flexibility index (Phi) is 4.84. The summed E-state index contributed by atoms with van der Waals surface area (Å²) in [4.78, 5) is 20.1. The number of β-amino-alcohol motifs (C(OH)–C–C–N with tert-alkyl or cyclic N) is 1. The van der Waals surface area contributed by atoms with E-state index < -0.39 is 0 Å². The fourth-order valence-corrected chi connectivity index (χ4v) is 3.69. The van der Waals surface area contributed by atoms with Crippen molar-refractivity contribution >= 4 is 5.91 Å². The van der Waals surface area contributed by atoms with E-state index in [1.807, 2.05) is 17.0 Å². The minimum atomic E-state index is -0.167. The fraction of sp³-hybridized carbons (Fsp3) is 0.706. The molecule has 5 nitrogen and oxygen atoms in total. The lowest BCUT2D eigenvalue weighted by Gasteiger charge is -2.41. The first kappa shape index (κ1) is 15.6. The number of hydrogen-bond acceptors (Lipinski definition) is 3. The SMILES string of the molecule is CCc1ccc(C(=O)N2CCC(N3CCC[C@H](O)C3)CC2)[nH]1. The average molecular weight is 305 g/mol. The van der Waals surface area contributed by atoms with Gasteiger partial charge in [-0.3, -0.25) is 9.69 Å². The number of carbonyl (C=O) groups is 1. The number of likely N-dealkylation sites (tertiary alicyclic amines) is 2. The number of nitrogens with zero attached hydrogens (tertiary/aromatic N) is 2. The van der Waals surface area contributed by atoms with Crippen molar-refractivity contribution < 1.29 is 9.90 Å². The van der Waals surface area contributed by atoms with Crippen LogP contribution in [0, 0.1) is 0 Å². The highest BCUT2D eigenvalue weighted by Gasteiger charge is 2.30. The van der Waals surface area contributed by atoms with Gasteiger partial charge < -0.3 is 15.0 Å². The second-order valence-corrected chi connectivity index (χ2v) is 6.57. The lowest BCUT2D eigenvalue weighted by Crippen LogP contribution is -2.50. The molecule has 22 heavy (non-hydrogen) atoms. The second-order valence-electron chi connectivity index (χ2n) is 6.57. The van der Waals surface area contributed by atoms with Crippen molar-refractivity contribution in [1.82, 2.24) is 14.8 Å². The summed E-state index contributed by atoms with van der Waals surface area (Å²) in [5, 5.41) is 9.81.